The van der Waals surface area contributed by atoms with Crippen LogP contribution in [0.1, 0.15) is 18.1 Å². The Hall–Kier alpha value is -2.22. The van der Waals surface area contributed by atoms with E-state index in [1.807, 2.05) is 73.3 Å². The van der Waals surface area contributed by atoms with Gasteiger partial charge < -0.3 is 5.32 Å². The van der Waals surface area contributed by atoms with Crippen LogP contribution in [0.15, 0.2) is 54.6 Å². The number of sulfonamides is 1. The standard InChI is InChI=1S/C21H27N3O3S/c1-17-8-6-7-11-20(17)22-21(25)18(2)23-12-14-24(15-13-23)28(26,27)16-19-9-4-3-5-10-19/h3-11,18H,12-16H2,1-2H3,(H,22,25)/t18-/m1/s1. The predicted octanol–water partition coefficient (Wildman–Crippen LogP) is 2.47. The lowest BCUT2D eigenvalue weighted by molar-refractivity contribution is -0.121. The van der Waals surface area contributed by atoms with Crippen molar-refractivity contribution in [3.63, 3.8) is 0 Å². The molecule has 1 aliphatic heterocycles. The average Bonchev–Trinajstić information content (AvgIpc) is 2.69. The number of carbonyl (C=O) groups is 1. The molecule has 0 radical (unpaired) electrons. The summed E-state index contributed by atoms with van der Waals surface area (Å²) < 4.78 is 26.9. The molecule has 0 spiro atoms. The molecule has 1 amide bonds. The Labute approximate surface area is 167 Å². The van der Waals surface area contributed by atoms with Crippen LogP contribution in [0.2, 0.25) is 0 Å². The summed E-state index contributed by atoms with van der Waals surface area (Å²) in [5.74, 6) is -0.0631. The quantitative estimate of drug-likeness (QED) is 0.807. The first-order valence-corrected chi connectivity index (χ1v) is 11.1. The number of nitrogens with zero attached hydrogens (tertiary/aromatic N) is 2. The number of rotatable bonds is 6. The van der Waals surface area contributed by atoms with E-state index in [-0.39, 0.29) is 17.7 Å². The summed E-state index contributed by atoms with van der Waals surface area (Å²) in [6.45, 7) is 5.69. The van der Waals surface area contributed by atoms with E-state index in [9.17, 15) is 13.2 Å². The van der Waals surface area contributed by atoms with E-state index in [0.717, 1.165) is 16.8 Å². The maximum atomic E-state index is 12.7. The van der Waals surface area contributed by atoms with Crippen LogP contribution in [0.5, 0.6) is 0 Å². The summed E-state index contributed by atoms with van der Waals surface area (Å²) in [6, 6.07) is 16.6. The van der Waals surface area contributed by atoms with Crippen molar-refractivity contribution in [1.29, 1.82) is 0 Å². The third-order valence-corrected chi connectivity index (χ3v) is 7.04. The molecule has 1 atom stereocenters. The van der Waals surface area contributed by atoms with Crippen LogP contribution in [0, 0.1) is 6.92 Å². The zero-order valence-electron chi connectivity index (χ0n) is 16.3. The van der Waals surface area contributed by atoms with Gasteiger partial charge in [-0.1, -0.05) is 48.5 Å². The first-order chi connectivity index (χ1) is 13.4. The molecular formula is C21H27N3O3S. The molecule has 0 saturated carbocycles. The fourth-order valence-corrected chi connectivity index (χ4v) is 4.88. The van der Waals surface area contributed by atoms with E-state index in [1.165, 1.54) is 4.31 Å². The Kier molecular flexibility index (Phi) is 6.49. The minimum atomic E-state index is -3.35. The van der Waals surface area contributed by atoms with Gasteiger partial charge in [0, 0.05) is 31.9 Å². The SMILES string of the molecule is Cc1ccccc1NC(=O)[C@@H](C)N1CCN(S(=O)(=O)Cc2ccccc2)CC1. The van der Waals surface area contributed by atoms with E-state index in [4.69, 9.17) is 0 Å². The van der Waals surface area contributed by atoms with Crippen molar-refractivity contribution in [3.8, 4) is 0 Å². The van der Waals surface area contributed by atoms with Crippen LogP contribution in [-0.2, 0) is 20.6 Å². The van der Waals surface area contributed by atoms with E-state index in [1.54, 1.807) is 0 Å². The van der Waals surface area contributed by atoms with Crippen LogP contribution >= 0.6 is 0 Å². The third-order valence-electron chi connectivity index (χ3n) is 5.19. The Bertz CT molecular complexity index is 908. The molecule has 28 heavy (non-hydrogen) atoms. The number of anilines is 1. The van der Waals surface area contributed by atoms with Gasteiger partial charge in [0.2, 0.25) is 15.9 Å². The number of hydrogen-bond donors (Lipinski definition) is 1. The fraction of sp³-hybridized carbons (Fsp3) is 0.381. The Morgan fingerprint density at radius 2 is 1.61 bits per heavy atom. The normalized spacial score (nSPS) is 17.2. The van der Waals surface area contributed by atoms with Gasteiger partial charge in [-0.15, -0.1) is 0 Å². The van der Waals surface area contributed by atoms with Crippen molar-refractivity contribution in [3.05, 3.63) is 65.7 Å². The molecule has 0 bridgehead atoms. The van der Waals surface area contributed by atoms with Gasteiger partial charge >= 0.3 is 0 Å². The molecule has 7 heteroatoms. The summed E-state index contributed by atoms with van der Waals surface area (Å²) in [5.41, 5.74) is 2.61. The first-order valence-electron chi connectivity index (χ1n) is 9.49. The van der Waals surface area contributed by atoms with E-state index in [2.05, 4.69) is 5.32 Å². The van der Waals surface area contributed by atoms with Gasteiger partial charge in [0.1, 0.15) is 0 Å². The number of aryl methyl sites for hydroxylation is 1. The average molecular weight is 402 g/mol. The van der Waals surface area contributed by atoms with E-state index >= 15 is 0 Å². The molecule has 1 aliphatic rings. The highest BCUT2D eigenvalue weighted by atomic mass is 32.2. The number of hydrogen-bond acceptors (Lipinski definition) is 4. The smallest absolute Gasteiger partial charge is 0.241 e. The molecule has 1 N–H and O–H groups in total. The second kappa shape index (κ2) is 8.86. The second-order valence-corrected chi connectivity index (χ2v) is 9.13. The van der Waals surface area contributed by atoms with Gasteiger partial charge in [0.25, 0.3) is 0 Å². The Balaban J connectivity index is 1.55. The largest absolute Gasteiger partial charge is 0.324 e. The summed E-state index contributed by atoms with van der Waals surface area (Å²) in [6.07, 6.45) is 0. The number of nitrogens with one attached hydrogen (secondary N) is 1. The molecule has 3 rings (SSSR count). The molecule has 150 valence electrons. The maximum absolute atomic E-state index is 12.7. The number of benzene rings is 2. The summed E-state index contributed by atoms with van der Waals surface area (Å²) >= 11 is 0. The van der Waals surface area contributed by atoms with Gasteiger partial charge in [-0.2, -0.15) is 4.31 Å². The van der Waals surface area contributed by atoms with Crippen molar-refractivity contribution in [1.82, 2.24) is 9.21 Å². The van der Waals surface area contributed by atoms with Crippen LogP contribution in [0.3, 0.4) is 0 Å². The number of carbonyl (C=O) groups excluding carboxylic acids is 1. The summed E-state index contributed by atoms with van der Waals surface area (Å²) in [7, 11) is -3.35. The van der Waals surface area contributed by atoms with Crippen molar-refractivity contribution in [2.24, 2.45) is 0 Å². The van der Waals surface area contributed by atoms with Crippen LogP contribution < -0.4 is 5.32 Å². The zero-order chi connectivity index (χ0) is 20.1. The lowest BCUT2D eigenvalue weighted by Gasteiger charge is -2.36. The molecule has 2 aromatic carbocycles. The number of amides is 1. The van der Waals surface area contributed by atoms with Crippen LogP contribution in [0.25, 0.3) is 0 Å². The Morgan fingerprint density at radius 3 is 2.25 bits per heavy atom. The molecule has 0 aromatic heterocycles. The molecule has 2 aromatic rings. The molecule has 0 unspecified atom stereocenters. The monoisotopic (exact) mass is 401 g/mol. The van der Waals surface area contributed by atoms with E-state index in [0.29, 0.717) is 26.2 Å². The lowest BCUT2D eigenvalue weighted by atomic mass is 10.2. The molecular weight excluding hydrogens is 374 g/mol. The van der Waals surface area contributed by atoms with Crippen molar-refractivity contribution >= 4 is 21.6 Å². The van der Waals surface area contributed by atoms with E-state index < -0.39 is 10.0 Å². The minimum Gasteiger partial charge on any atom is -0.324 e. The van der Waals surface area contributed by atoms with Crippen LogP contribution in [-0.4, -0.2) is 55.8 Å². The van der Waals surface area contributed by atoms with Gasteiger partial charge in [-0.25, -0.2) is 8.42 Å². The van der Waals surface area contributed by atoms with Gasteiger partial charge in [-0.05, 0) is 31.0 Å². The predicted molar refractivity (Wildman–Crippen MR) is 111 cm³/mol. The zero-order valence-corrected chi connectivity index (χ0v) is 17.2. The molecule has 6 nitrogen and oxygen atoms in total. The van der Waals surface area contributed by atoms with Crippen molar-refractivity contribution in [2.45, 2.75) is 25.6 Å². The van der Waals surface area contributed by atoms with Crippen LogP contribution in [0.4, 0.5) is 5.69 Å². The Morgan fingerprint density at radius 1 is 1.00 bits per heavy atom. The fourth-order valence-electron chi connectivity index (χ4n) is 3.36. The highest BCUT2D eigenvalue weighted by molar-refractivity contribution is 7.88. The maximum Gasteiger partial charge on any atom is 0.241 e. The highest BCUT2D eigenvalue weighted by Gasteiger charge is 2.31. The molecule has 1 heterocycles. The number of para-hydroxylation sites is 1. The minimum absolute atomic E-state index is 0.0111. The highest BCUT2D eigenvalue weighted by Crippen LogP contribution is 2.17. The summed E-state index contributed by atoms with van der Waals surface area (Å²) in [5, 5.41) is 2.97. The third kappa shape index (κ3) is 4.98. The van der Waals surface area contributed by atoms with Gasteiger partial charge in [0.15, 0.2) is 0 Å². The number of piperazine rings is 1. The first kappa shape index (κ1) is 20.5. The van der Waals surface area contributed by atoms with Crippen molar-refractivity contribution in [2.75, 3.05) is 31.5 Å². The van der Waals surface area contributed by atoms with Crippen molar-refractivity contribution < 1.29 is 13.2 Å². The van der Waals surface area contributed by atoms with Gasteiger partial charge in [0.05, 0.1) is 11.8 Å². The summed E-state index contributed by atoms with van der Waals surface area (Å²) in [4.78, 5) is 14.6. The lowest BCUT2D eigenvalue weighted by Crippen LogP contribution is -2.54. The van der Waals surface area contributed by atoms with Gasteiger partial charge in [-0.3, -0.25) is 9.69 Å². The molecule has 1 saturated heterocycles. The second-order valence-electron chi connectivity index (χ2n) is 7.16. The molecule has 0 aliphatic carbocycles. The molecule has 1 fully saturated rings. The topological polar surface area (TPSA) is 69.7 Å².